The lowest BCUT2D eigenvalue weighted by Gasteiger charge is -2.18. The van der Waals surface area contributed by atoms with Crippen LogP contribution in [0.2, 0.25) is 0 Å². The molecule has 0 radical (unpaired) electrons. The van der Waals surface area contributed by atoms with Crippen LogP contribution in [-0.4, -0.2) is 31.9 Å². The summed E-state index contributed by atoms with van der Waals surface area (Å²) in [6.45, 7) is 0.887. The minimum Gasteiger partial charge on any atom is -0.326 e. The first kappa shape index (κ1) is 14.3. The number of nitrogens with two attached hydrogens (primary N) is 1. The van der Waals surface area contributed by atoms with Crippen molar-refractivity contribution in [2.45, 2.75) is 17.4 Å². The third kappa shape index (κ3) is 2.72. The topological polar surface area (TPSA) is 63.4 Å². The fraction of sp³-hybridized carbons (Fsp3) is 0.250. The van der Waals surface area contributed by atoms with Gasteiger partial charge >= 0.3 is 0 Å². The standard InChI is InChI=1S/C16H18N2O2S/c17-14-10-11-18(12-14)21(19,20)16-9-5-4-8-15(16)13-6-2-1-3-7-13/h1-9,14H,10-12,17H2. The molecule has 3 rings (SSSR count). The average molecular weight is 302 g/mol. The SMILES string of the molecule is NC1CCN(S(=O)(=O)c2ccccc2-c2ccccc2)C1. The van der Waals surface area contributed by atoms with E-state index in [-0.39, 0.29) is 6.04 Å². The molecule has 4 nitrogen and oxygen atoms in total. The second-order valence-corrected chi connectivity index (χ2v) is 7.18. The van der Waals surface area contributed by atoms with Gasteiger partial charge in [0, 0.05) is 24.7 Å². The van der Waals surface area contributed by atoms with Crippen molar-refractivity contribution < 1.29 is 8.42 Å². The average Bonchev–Trinajstić information content (AvgIpc) is 2.95. The van der Waals surface area contributed by atoms with Gasteiger partial charge in [-0.25, -0.2) is 8.42 Å². The zero-order chi connectivity index (χ0) is 14.9. The quantitative estimate of drug-likeness (QED) is 0.944. The fourth-order valence-electron chi connectivity index (χ4n) is 2.66. The Morgan fingerprint density at radius 3 is 2.33 bits per heavy atom. The number of benzene rings is 2. The number of nitrogens with zero attached hydrogens (tertiary/aromatic N) is 1. The third-order valence-corrected chi connectivity index (χ3v) is 5.70. The molecule has 110 valence electrons. The Labute approximate surface area is 125 Å². The highest BCUT2D eigenvalue weighted by atomic mass is 32.2. The van der Waals surface area contributed by atoms with Crippen LogP contribution in [0.1, 0.15) is 6.42 Å². The van der Waals surface area contributed by atoms with Crippen molar-refractivity contribution in [3.05, 3.63) is 54.6 Å². The molecule has 0 amide bonds. The van der Waals surface area contributed by atoms with Crippen LogP contribution in [0.15, 0.2) is 59.5 Å². The van der Waals surface area contributed by atoms with Crippen molar-refractivity contribution in [2.24, 2.45) is 5.73 Å². The van der Waals surface area contributed by atoms with Crippen LogP contribution in [0.3, 0.4) is 0 Å². The Morgan fingerprint density at radius 2 is 1.67 bits per heavy atom. The molecule has 1 atom stereocenters. The van der Waals surface area contributed by atoms with Crippen LogP contribution in [-0.2, 0) is 10.0 Å². The summed E-state index contributed by atoms with van der Waals surface area (Å²) in [4.78, 5) is 0.352. The molecule has 1 fully saturated rings. The molecule has 0 bridgehead atoms. The first-order chi connectivity index (χ1) is 10.1. The van der Waals surface area contributed by atoms with Gasteiger partial charge in [0.2, 0.25) is 10.0 Å². The Morgan fingerprint density at radius 1 is 1.00 bits per heavy atom. The van der Waals surface area contributed by atoms with E-state index in [9.17, 15) is 8.42 Å². The summed E-state index contributed by atoms with van der Waals surface area (Å²) >= 11 is 0. The maximum Gasteiger partial charge on any atom is 0.243 e. The third-order valence-electron chi connectivity index (χ3n) is 3.78. The van der Waals surface area contributed by atoms with Gasteiger partial charge in [-0.1, -0.05) is 48.5 Å². The fourth-order valence-corrected chi connectivity index (χ4v) is 4.39. The largest absolute Gasteiger partial charge is 0.326 e. The molecule has 2 aromatic rings. The molecule has 2 aromatic carbocycles. The normalized spacial score (nSPS) is 19.8. The molecule has 1 heterocycles. The summed E-state index contributed by atoms with van der Waals surface area (Å²) in [5.74, 6) is 0. The molecule has 1 aliphatic heterocycles. The Kier molecular flexibility index (Phi) is 3.80. The van der Waals surface area contributed by atoms with Crippen molar-refractivity contribution in [3.8, 4) is 11.1 Å². The first-order valence-electron chi connectivity index (χ1n) is 6.99. The molecule has 0 aromatic heterocycles. The van der Waals surface area contributed by atoms with E-state index in [0.717, 1.165) is 11.1 Å². The van der Waals surface area contributed by atoms with Gasteiger partial charge in [-0.15, -0.1) is 0 Å². The van der Waals surface area contributed by atoms with Gasteiger partial charge in [0.15, 0.2) is 0 Å². The number of hydrogen-bond donors (Lipinski definition) is 1. The molecule has 0 aliphatic carbocycles. The van der Waals surface area contributed by atoms with Gasteiger partial charge in [0.05, 0.1) is 4.90 Å². The van der Waals surface area contributed by atoms with E-state index >= 15 is 0 Å². The van der Waals surface area contributed by atoms with E-state index in [1.807, 2.05) is 42.5 Å². The molecule has 0 saturated carbocycles. The van der Waals surface area contributed by atoms with Gasteiger partial charge in [-0.05, 0) is 18.1 Å². The van der Waals surface area contributed by atoms with E-state index in [0.29, 0.717) is 24.4 Å². The maximum atomic E-state index is 12.8. The van der Waals surface area contributed by atoms with E-state index in [2.05, 4.69) is 0 Å². The monoisotopic (exact) mass is 302 g/mol. The Hall–Kier alpha value is -1.69. The van der Waals surface area contributed by atoms with Gasteiger partial charge in [0.25, 0.3) is 0 Å². The number of rotatable bonds is 3. The summed E-state index contributed by atoms with van der Waals surface area (Å²) in [7, 11) is -3.50. The second kappa shape index (κ2) is 5.60. The predicted octanol–water partition coefficient (Wildman–Crippen LogP) is 2.08. The van der Waals surface area contributed by atoms with Crippen LogP contribution >= 0.6 is 0 Å². The molecule has 2 N–H and O–H groups in total. The predicted molar refractivity (Wildman–Crippen MR) is 83.2 cm³/mol. The minimum atomic E-state index is -3.50. The molecule has 21 heavy (non-hydrogen) atoms. The van der Waals surface area contributed by atoms with Crippen LogP contribution in [0.5, 0.6) is 0 Å². The van der Waals surface area contributed by atoms with Crippen LogP contribution in [0.4, 0.5) is 0 Å². The van der Waals surface area contributed by atoms with E-state index in [1.165, 1.54) is 4.31 Å². The minimum absolute atomic E-state index is 0.0661. The second-order valence-electron chi connectivity index (χ2n) is 5.27. The van der Waals surface area contributed by atoms with Crippen molar-refractivity contribution in [1.82, 2.24) is 4.31 Å². The van der Waals surface area contributed by atoms with Gasteiger partial charge in [-0.2, -0.15) is 4.31 Å². The summed E-state index contributed by atoms with van der Waals surface area (Å²) in [5, 5.41) is 0. The molecular weight excluding hydrogens is 284 g/mol. The summed E-state index contributed by atoms with van der Waals surface area (Å²) in [6.07, 6.45) is 0.715. The van der Waals surface area contributed by atoms with E-state index < -0.39 is 10.0 Å². The van der Waals surface area contributed by atoms with Crippen LogP contribution < -0.4 is 5.73 Å². The molecule has 1 saturated heterocycles. The van der Waals surface area contributed by atoms with E-state index in [1.54, 1.807) is 12.1 Å². The molecule has 0 spiro atoms. The van der Waals surface area contributed by atoms with Crippen molar-refractivity contribution in [2.75, 3.05) is 13.1 Å². The molecule has 1 unspecified atom stereocenters. The zero-order valence-corrected chi connectivity index (χ0v) is 12.5. The summed E-state index contributed by atoms with van der Waals surface area (Å²) in [5.41, 5.74) is 7.48. The molecule has 5 heteroatoms. The maximum absolute atomic E-state index is 12.8. The van der Waals surface area contributed by atoms with Crippen LogP contribution in [0, 0.1) is 0 Å². The number of sulfonamides is 1. The van der Waals surface area contributed by atoms with Gasteiger partial charge in [0.1, 0.15) is 0 Å². The zero-order valence-electron chi connectivity index (χ0n) is 11.6. The molecular formula is C16H18N2O2S. The Balaban J connectivity index is 2.07. The van der Waals surface area contributed by atoms with Gasteiger partial charge in [-0.3, -0.25) is 0 Å². The summed E-state index contributed by atoms with van der Waals surface area (Å²) in [6, 6.07) is 16.6. The lowest BCUT2D eigenvalue weighted by Crippen LogP contribution is -2.32. The van der Waals surface area contributed by atoms with E-state index in [4.69, 9.17) is 5.73 Å². The highest BCUT2D eigenvalue weighted by Gasteiger charge is 2.32. The first-order valence-corrected chi connectivity index (χ1v) is 8.43. The lowest BCUT2D eigenvalue weighted by atomic mass is 10.1. The lowest BCUT2D eigenvalue weighted by molar-refractivity contribution is 0.472. The summed E-state index contributed by atoms with van der Waals surface area (Å²) < 4.78 is 27.2. The highest BCUT2D eigenvalue weighted by molar-refractivity contribution is 7.89. The van der Waals surface area contributed by atoms with Gasteiger partial charge < -0.3 is 5.73 Å². The van der Waals surface area contributed by atoms with Crippen molar-refractivity contribution >= 4 is 10.0 Å². The Bertz CT molecular complexity index is 729. The number of hydrogen-bond acceptors (Lipinski definition) is 3. The van der Waals surface area contributed by atoms with Crippen molar-refractivity contribution in [3.63, 3.8) is 0 Å². The molecule has 1 aliphatic rings. The smallest absolute Gasteiger partial charge is 0.243 e. The van der Waals surface area contributed by atoms with Crippen molar-refractivity contribution in [1.29, 1.82) is 0 Å². The highest BCUT2D eigenvalue weighted by Crippen LogP contribution is 2.30. The van der Waals surface area contributed by atoms with Crippen LogP contribution in [0.25, 0.3) is 11.1 Å².